The summed E-state index contributed by atoms with van der Waals surface area (Å²) in [4.78, 5) is 1.99. The van der Waals surface area contributed by atoms with Gasteiger partial charge in [-0.3, -0.25) is 0 Å². The predicted octanol–water partition coefficient (Wildman–Crippen LogP) is 3.77. The van der Waals surface area contributed by atoms with Gasteiger partial charge in [0.25, 0.3) is 0 Å². The van der Waals surface area contributed by atoms with Crippen molar-refractivity contribution in [3.63, 3.8) is 0 Å². The average Bonchev–Trinajstić information content (AvgIpc) is 2.67. The van der Waals surface area contributed by atoms with Gasteiger partial charge in [-0.05, 0) is 48.4 Å². The average molecular weight is 343 g/mol. The van der Waals surface area contributed by atoms with Crippen LogP contribution in [0, 0.1) is 56.7 Å². The molecule has 2 aliphatic rings. The van der Waals surface area contributed by atoms with E-state index in [9.17, 15) is 15.8 Å². The summed E-state index contributed by atoms with van der Waals surface area (Å²) in [6.07, 6.45) is 4.74. The number of anilines is 1. The molecule has 0 radical (unpaired) electrons. The molecule has 1 aromatic rings. The van der Waals surface area contributed by atoms with Crippen molar-refractivity contribution < 1.29 is 0 Å². The van der Waals surface area contributed by atoms with Crippen molar-refractivity contribution in [1.29, 1.82) is 21.2 Å². The van der Waals surface area contributed by atoms with Crippen LogP contribution in [0.2, 0.25) is 0 Å². The lowest BCUT2D eigenvalue weighted by molar-refractivity contribution is 0.320. The van der Waals surface area contributed by atoms with Gasteiger partial charge < -0.3 is 10.3 Å². The van der Waals surface area contributed by atoms with Crippen LogP contribution in [0.5, 0.6) is 0 Å². The van der Waals surface area contributed by atoms with E-state index < -0.39 is 17.3 Å². The molecule has 0 aromatic heterocycles. The molecule has 0 spiro atoms. The fourth-order valence-corrected chi connectivity index (χ4v) is 4.36. The maximum Gasteiger partial charge on any atom is 0.189 e. The van der Waals surface area contributed by atoms with Gasteiger partial charge in [0.1, 0.15) is 5.92 Å². The summed E-state index contributed by atoms with van der Waals surface area (Å²) < 4.78 is 0. The Labute approximate surface area is 154 Å². The van der Waals surface area contributed by atoms with Gasteiger partial charge in [-0.25, -0.2) is 0 Å². The topological polar surface area (TPSA) is 98.5 Å². The van der Waals surface area contributed by atoms with Gasteiger partial charge >= 0.3 is 0 Å². The molecule has 26 heavy (non-hydrogen) atoms. The number of rotatable bonds is 2. The number of nitrogens with one attached hydrogen (secondary N) is 1. The van der Waals surface area contributed by atoms with E-state index in [0.29, 0.717) is 0 Å². The molecule has 1 saturated carbocycles. The van der Waals surface area contributed by atoms with Crippen LogP contribution in [0.1, 0.15) is 30.7 Å². The van der Waals surface area contributed by atoms with Gasteiger partial charge in [0.2, 0.25) is 0 Å². The monoisotopic (exact) mass is 343 g/mol. The van der Waals surface area contributed by atoms with E-state index in [1.165, 1.54) is 0 Å². The molecule has 1 N–H and O–H groups in total. The molecular weight excluding hydrogens is 322 g/mol. The highest BCUT2D eigenvalue weighted by molar-refractivity contribution is 6.00. The first-order valence-electron chi connectivity index (χ1n) is 8.78. The Bertz CT molecular complexity index is 859. The summed E-state index contributed by atoms with van der Waals surface area (Å²) in [5.74, 6) is -1.23. The summed E-state index contributed by atoms with van der Waals surface area (Å²) in [5, 5.41) is 38.0. The van der Waals surface area contributed by atoms with Crippen molar-refractivity contribution in [2.24, 2.45) is 17.3 Å². The van der Waals surface area contributed by atoms with Crippen molar-refractivity contribution in [3.8, 4) is 18.2 Å². The minimum absolute atomic E-state index is 0.0491. The molecule has 130 valence electrons. The molecule has 0 aliphatic heterocycles. The van der Waals surface area contributed by atoms with Gasteiger partial charge in [-0.15, -0.1) is 0 Å². The molecule has 0 amide bonds. The molecule has 0 saturated heterocycles. The Balaban J connectivity index is 2.19. The van der Waals surface area contributed by atoms with Crippen LogP contribution in [0.4, 0.5) is 5.69 Å². The van der Waals surface area contributed by atoms with E-state index in [4.69, 9.17) is 5.41 Å². The lowest BCUT2D eigenvalue weighted by Crippen LogP contribution is -2.48. The molecule has 0 heterocycles. The molecule has 0 bridgehead atoms. The van der Waals surface area contributed by atoms with E-state index in [0.717, 1.165) is 36.1 Å². The normalized spacial score (nSPS) is 26.5. The van der Waals surface area contributed by atoms with Gasteiger partial charge in [0.15, 0.2) is 5.41 Å². The number of nitriles is 3. The highest BCUT2D eigenvalue weighted by atomic mass is 15.1. The molecular formula is C21H21N5. The number of allylic oxidation sites excluding steroid dienone is 2. The molecule has 1 fully saturated rings. The first-order valence-corrected chi connectivity index (χ1v) is 8.78. The van der Waals surface area contributed by atoms with E-state index in [1.54, 1.807) is 0 Å². The van der Waals surface area contributed by atoms with Crippen LogP contribution in [0.25, 0.3) is 0 Å². The Morgan fingerprint density at radius 3 is 2.31 bits per heavy atom. The minimum atomic E-state index is -1.60. The molecule has 0 unspecified atom stereocenters. The summed E-state index contributed by atoms with van der Waals surface area (Å²) in [6.45, 7) is 0. The van der Waals surface area contributed by atoms with Gasteiger partial charge in [0.05, 0.1) is 23.9 Å². The standard InChI is InChI=1S/C21H21N5/c1-26(2)15-9-7-14(8-10-15)19-17-6-4-3-5-16(17)18(11-22)20(25)21(19,12-23)13-24/h5,7-10,17-19,25H,3-4,6H2,1-2H3/t17-,18+,19-/m1/s1. The second-order valence-corrected chi connectivity index (χ2v) is 7.21. The maximum absolute atomic E-state index is 9.94. The SMILES string of the molecule is CN(C)c1ccc([C@@H]2[C@@H]3CCCC=C3[C@H](C#N)C(=N)C2(C#N)C#N)cc1. The zero-order chi connectivity index (χ0) is 18.9. The summed E-state index contributed by atoms with van der Waals surface area (Å²) in [6, 6.07) is 14.3. The Morgan fingerprint density at radius 1 is 1.12 bits per heavy atom. The highest BCUT2D eigenvalue weighted by Gasteiger charge is 2.57. The van der Waals surface area contributed by atoms with Gasteiger partial charge in [-0.1, -0.05) is 18.2 Å². The third kappa shape index (κ3) is 2.47. The Hall–Kier alpha value is -3.10. The quantitative estimate of drug-likeness (QED) is 0.826. The van der Waals surface area contributed by atoms with E-state index in [-0.39, 0.29) is 11.6 Å². The van der Waals surface area contributed by atoms with Crippen LogP contribution in [0.15, 0.2) is 35.9 Å². The zero-order valence-electron chi connectivity index (χ0n) is 15.0. The van der Waals surface area contributed by atoms with Gasteiger partial charge in [-0.2, -0.15) is 15.8 Å². The highest BCUT2D eigenvalue weighted by Crippen LogP contribution is 2.55. The van der Waals surface area contributed by atoms with Crippen LogP contribution in [-0.2, 0) is 0 Å². The number of hydrogen-bond acceptors (Lipinski definition) is 5. The van der Waals surface area contributed by atoms with E-state index in [2.05, 4.69) is 24.3 Å². The van der Waals surface area contributed by atoms with Crippen molar-refractivity contribution >= 4 is 11.4 Å². The van der Waals surface area contributed by atoms with Crippen LogP contribution in [0.3, 0.4) is 0 Å². The molecule has 2 aliphatic carbocycles. The van der Waals surface area contributed by atoms with Gasteiger partial charge in [0, 0.05) is 25.7 Å². The fourth-order valence-electron chi connectivity index (χ4n) is 4.36. The van der Waals surface area contributed by atoms with Crippen molar-refractivity contribution in [3.05, 3.63) is 41.5 Å². The van der Waals surface area contributed by atoms with Crippen molar-refractivity contribution in [2.75, 3.05) is 19.0 Å². The smallest absolute Gasteiger partial charge is 0.189 e. The third-order valence-electron chi connectivity index (χ3n) is 5.69. The number of fused-ring (bicyclic) bond motifs is 1. The van der Waals surface area contributed by atoms with Crippen LogP contribution < -0.4 is 4.90 Å². The number of nitrogens with zero attached hydrogens (tertiary/aromatic N) is 4. The van der Waals surface area contributed by atoms with E-state index in [1.807, 2.05) is 43.3 Å². The molecule has 5 heteroatoms. The summed E-state index contributed by atoms with van der Waals surface area (Å²) >= 11 is 0. The molecule has 3 atom stereocenters. The van der Waals surface area contributed by atoms with Crippen molar-refractivity contribution in [2.45, 2.75) is 25.2 Å². The van der Waals surface area contributed by atoms with Crippen molar-refractivity contribution in [1.82, 2.24) is 0 Å². The summed E-state index contributed by atoms with van der Waals surface area (Å²) in [5.41, 5.74) is 1.17. The van der Waals surface area contributed by atoms with E-state index >= 15 is 0 Å². The largest absolute Gasteiger partial charge is 0.378 e. The minimum Gasteiger partial charge on any atom is -0.378 e. The molecule has 1 aromatic carbocycles. The Morgan fingerprint density at radius 2 is 1.77 bits per heavy atom. The maximum atomic E-state index is 9.94. The second kappa shape index (κ2) is 6.66. The van der Waals surface area contributed by atoms with Crippen LogP contribution in [-0.4, -0.2) is 19.8 Å². The predicted molar refractivity (Wildman–Crippen MR) is 99.4 cm³/mol. The Kier molecular flexibility index (Phi) is 4.54. The molecule has 3 rings (SSSR count). The lowest BCUT2D eigenvalue weighted by Gasteiger charge is -2.45. The number of hydrogen-bond donors (Lipinski definition) is 1. The second-order valence-electron chi connectivity index (χ2n) is 7.21. The van der Waals surface area contributed by atoms with Crippen LogP contribution >= 0.6 is 0 Å². The first-order chi connectivity index (χ1) is 12.5. The lowest BCUT2D eigenvalue weighted by atomic mass is 9.53. The zero-order valence-corrected chi connectivity index (χ0v) is 15.0. The third-order valence-corrected chi connectivity index (χ3v) is 5.69. The fraction of sp³-hybridized carbons (Fsp3) is 0.429. The first kappa shape index (κ1) is 17.7. The summed E-state index contributed by atoms with van der Waals surface area (Å²) in [7, 11) is 3.92. The number of benzene rings is 1. The molecule has 5 nitrogen and oxygen atoms in total.